The lowest BCUT2D eigenvalue weighted by atomic mass is 9.93. The molecular weight excluding hydrogens is 214 g/mol. The first kappa shape index (κ1) is 12.2. The molecule has 1 aromatic rings. The summed E-state index contributed by atoms with van der Waals surface area (Å²) in [6.45, 7) is 0. The van der Waals surface area contributed by atoms with E-state index in [1.165, 1.54) is 0 Å². The molecule has 1 fully saturated rings. The van der Waals surface area contributed by atoms with Gasteiger partial charge >= 0.3 is 0 Å². The molecule has 1 aliphatic carbocycles. The predicted molar refractivity (Wildman–Crippen MR) is 69.7 cm³/mol. The highest BCUT2D eigenvalue weighted by Crippen LogP contribution is 2.28. The molecule has 0 atom stereocenters. The van der Waals surface area contributed by atoms with Gasteiger partial charge in [-0.1, -0.05) is 12.1 Å². The molecule has 0 bridgehead atoms. The maximum absolute atomic E-state index is 5.38. The predicted octanol–water partition coefficient (Wildman–Crippen LogP) is 3.06. The van der Waals surface area contributed by atoms with Gasteiger partial charge in [0, 0.05) is 13.2 Å². The second-order valence-electron chi connectivity index (χ2n) is 4.55. The summed E-state index contributed by atoms with van der Waals surface area (Å²) in [6, 6.07) is 8.62. The van der Waals surface area contributed by atoms with E-state index in [0.717, 1.165) is 37.1 Å². The molecule has 2 rings (SSSR count). The van der Waals surface area contributed by atoms with Gasteiger partial charge in [-0.05, 0) is 37.8 Å². The Kier molecular flexibility index (Phi) is 4.26. The van der Waals surface area contributed by atoms with Crippen molar-refractivity contribution in [2.24, 2.45) is 0 Å². The second-order valence-corrected chi connectivity index (χ2v) is 4.55. The van der Waals surface area contributed by atoms with Crippen LogP contribution in [0, 0.1) is 0 Å². The molecule has 1 aliphatic rings. The van der Waals surface area contributed by atoms with Gasteiger partial charge in [0.1, 0.15) is 5.75 Å². The summed E-state index contributed by atoms with van der Waals surface area (Å²) in [5.74, 6) is 0.918. The number of ether oxygens (including phenoxy) is 2. The molecule has 3 nitrogen and oxygen atoms in total. The van der Waals surface area contributed by atoms with Gasteiger partial charge in [0.25, 0.3) is 0 Å². The second kappa shape index (κ2) is 5.92. The van der Waals surface area contributed by atoms with Crippen molar-refractivity contribution in [3.63, 3.8) is 0 Å². The number of anilines is 1. The van der Waals surface area contributed by atoms with Crippen molar-refractivity contribution in [3.8, 4) is 5.75 Å². The molecule has 0 aliphatic heterocycles. The van der Waals surface area contributed by atoms with Crippen LogP contribution in [0.3, 0.4) is 0 Å². The van der Waals surface area contributed by atoms with E-state index in [4.69, 9.17) is 9.47 Å². The van der Waals surface area contributed by atoms with Crippen LogP contribution in [0.15, 0.2) is 24.3 Å². The summed E-state index contributed by atoms with van der Waals surface area (Å²) < 4.78 is 10.7. The molecule has 0 spiro atoms. The molecular formula is C14H21NO2. The molecule has 0 saturated heterocycles. The molecule has 0 amide bonds. The fourth-order valence-electron chi connectivity index (χ4n) is 2.43. The van der Waals surface area contributed by atoms with Crippen LogP contribution in [-0.4, -0.2) is 26.4 Å². The van der Waals surface area contributed by atoms with Crippen LogP contribution in [0.25, 0.3) is 0 Å². The van der Waals surface area contributed by atoms with Crippen LogP contribution in [0.2, 0.25) is 0 Å². The smallest absolute Gasteiger partial charge is 0.141 e. The Morgan fingerprint density at radius 1 is 1.06 bits per heavy atom. The third kappa shape index (κ3) is 3.13. The Balaban J connectivity index is 1.93. The van der Waals surface area contributed by atoms with Gasteiger partial charge in [-0.2, -0.15) is 0 Å². The van der Waals surface area contributed by atoms with E-state index >= 15 is 0 Å². The maximum Gasteiger partial charge on any atom is 0.141 e. The molecule has 3 heteroatoms. The van der Waals surface area contributed by atoms with Crippen LogP contribution in [0.5, 0.6) is 5.75 Å². The normalized spacial score (nSPS) is 24.4. The highest BCUT2D eigenvalue weighted by Gasteiger charge is 2.21. The summed E-state index contributed by atoms with van der Waals surface area (Å²) in [5.41, 5.74) is 1.09. The van der Waals surface area contributed by atoms with Gasteiger partial charge in [-0.25, -0.2) is 0 Å². The number of hydrogen-bond acceptors (Lipinski definition) is 3. The van der Waals surface area contributed by atoms with E-state index in [9.17, 15) is 0 Å². The van der Waals surface area contributed by atoms with Crippen molar-refractivity contribution in [2.75, 3.05) is 19.5 Å². The minimum Gasteiger partial charge on any atom is -0.495 e. The molecule has 0 aromatic heterocycles. The van der Waals surface area contributed by atoms with Crippen LogP contribution in [0.1, 0.15) is 25.7 Å². The quantitative estimate of drug-likeness (QED) is 0.870. The zero-order valence-corrected chi connectivity index (χ0v) is 10.6. The first-order valence-corrected chi connectivity index (χ1v) is 6.26. The highest BCUT2D eigenvalue weighted by atomic mass is 16.5. The molecule has 0 heterocycles. The van der Waals surface area contributed by atoms with E-state index in [2.05, 4.69) is 11.4 Å². The number of methoxy groups -OCH3 is 2. The first-order chi connectivity index (χ1) is 8.33. The van der Waals surface area contributed by atoms with Gasteiger partial charge in [0.05, 0.1) is 18.9 Å². The summed E-state index contributed by atoms with van der Waals surface area (Å²) in [6.07, 6.45) is 5.06. The van der Waals surface area contributed by atoms with Gasteiger partial charge in [0.15, 0.2) is 0 Å². The summed E-state index contributed by atoms with van der Waals surface area (Å²) in [4.78, 5) is 0. The fraction of sp³-hybridized carbons (Fsp3) is 0.571. The maximum atomic E-state index is 5.38. The Hall–Kier alpha value is -1.22. The Bertz CT molecular complexity index is 346. The van der Waals surface area contributed by atoms with E-state index in [-0.39, 0.29) is 0 Å². The van der Waals surface area contributed by atoms with Crippen molar-refractivity contribution in [1.29, 1.82) is 0 Å². The fourth-order valence-corrected chi connectivity index (χ4v) is 2.43. The van der Waals surface area contributed by atoms with Crippen LogP contribution < -0.4 is 10.1 Å². The topological polar surface area (TPSA) is 30.5 Å². The van der Waals surface area contributed by atoms with Crippen molar-refractivity contribution >= 4 is 5.69 Å². The Morgan fingerprint density at radius 2 is 1.76 bits per heavy atom. The van der Waals surface area contributed by atoms with Crippen molar-refractivity contribution < 1.29 is 9.47 Å². The highest BCUT2D eigenvalue weighted by molar-refractivity contribution is 5.56. The zero-order chi connectivity index (χ0) is 12.1. The van der Waals surface area contributed by atoms with Gasteiger partial charge < -0.3 is 14.8 Å². The minimum atomic E-state index is 0.450. The Morgan fingerprint density at radius 3 is 2.41 bits per heavy atom. The van der Waals surface area contributed by atoms with E-state index < -0.39 is 0 Å². The number of hydrogen-bond donors (Lipinski definition) is 1. The zero-order valence-electron chi connectivity index (χ0n) is 10.6. The standard InChI is InChI=1S/C14H21NO2/c1-16-12-9-7-11(8-10-12)15-13-5-3-4-6-14(13)17-2/h3-6,11-12,15H,7-10H2,1-2H3. The SMILES string of the molecule is COc1ccccc1NC1CCC(OC)CC1. The van der Waals surface area contributed by atoms with Gasteiger partial charge in [-0.15, -0.1) is 0 Å². The lowest BCUT2D eigenvalue weighted by molar-refractivity contribution is 0.0681. The largest absolute Gasteiger partial charge is 0.495 e. The van der Waals surface area contributed by atoms with Crippen molar-refractivity contribution in [1.82, 2.24) is 0 Å². The van der Waals surface area contributed by atoms with Crippen LogP contribution >= 0.6 is 0 Å². The number of nitrogens with one attached hydrogen (secondary N) is 1. The summed E-state index contributed by atoms with van der Waals surface area (Å²) in [5, 5.41) is 3.56. The molecule has 0 radical (unpaired) electrons. The molecule has 94 valence electrons. The molecule has 0 unspecified atom stereocenters. The third-order valence-corrected chi connectivity index (χ3v) is 3.47. The lowest BCUT2D eigenvalue weighted by Gasteiger charge is -2.29. The molecule has 1 N–H and O–H groups in total. The van der Waals surface area contributed by atoms with Crippen LogP contribution in [0.4, 0.5) is 5.69 Å². The number of benzene rings is 1. The van der Waals surface area contributed by atoms with E-state index in [0.29, 0.717) is 12.1 Å². The number of rotatable bonds is 4. The molecule has 17 heavy (non-hydrogen) atoms. The molecule has 1 aromatic carbocycles. The minimum absolute atomic E-state index is 0.450. The van der Waals surface area contributed by atoms with E-state index in [1.807, 2.05) is 18.2 Å². The average molecular weight is 235 g/mol. The average Bonchev–Trinajstić information content (AvgIpc) is 2.40. The summed E-state index contributed by atoms with van der Waals surface area (Å²) >= 11 is 0. The summed E-state index contributed by atoms with van der Waals surface area (Å²) in [7, 11) is 3.51. The van der Waals surface area contributed by atoms with E-state index in [1.54, 1.807) is 14.2 Å². The first-order valence-electron chi connectivity index (χ1n) is 6.26. The number of para-hydroxylation sites is 2. The van der Waals surface area contributed by atoms with Crippen molar-refractivity contribution in [3.05, 3.63) is 24.3 Å². The molecule has 1 saturated carbocycles. The van der Waals surface area contributed by atoms with Crippen LogP contribution in [-0.2, 0) is 4.74 Å². The van der Waals surface area contributed by atoms with Gasteiger partial charge in [0.2, 0.25) is 0 Å². The van der Waals surface area contributed by atoms with Crippen molar-refractivity contribution in [2.45, 2.75) is 37.8 Å². The van der Waals surface area contributed by atoms with Gasteiger partial charge in [-0.3, -0.25) is 0 Å². The monoisotopic (exact) mass is 235 g/mol. The third-order valence-electron chi connectivity index (χ3n) is 3.47. The lowest BCUT2D eigenvalue weighted by Crippen LogP contribution is -2.29. The Labute approximate surface area is 103 Å².